The molecule has 5 nitrogen and oxygen atoms in total. The molecule has 0 bridgehead atoms. The van der Waals surface area contributed by atoms with Crippen LogP contribution in [-0.4, -0.2) is 42.6 Å². The Bertz CT molecular complexity index is 555. The van der Waals surface area contributed by atoms with Crippen LogP contribution in [0.15, 0.2) is 11.4 Å². The predicted molar refractivity (Wildman–Crippen MR) is 73.6 cm³/mol. The minimum absolute atomic E-state index is 0.0584. The Morgan fingerprint density at radius 3 is 2.79 bits per heavy atom. The molecule has 0 aliphatic carbocycles. The monoisotopic (exact) mass is 283 g/mol. The second-order valence-electron chi connectivity index (χ2n) is 5.61. The van der Waals surface area contributed by atoms with Crippen molar-refractivity contribution in [2.75, 3.05) is 19.3 Å². The van der Waals surface area contributed by atoms with Crippen LogP contribution in [0.25, 0.3) is 0 Å². The number of aromatic nitrogens is 2. The van der Waals surface area contributed by atoms with E-state index in [4.69, 9.17) is 0 Å². The first-order chi connectivity index (χ1) is 8.86. The summed E-state index contributed by atoms with van der Waals surface area (Å²) in [6.45, 7) is 7.19. The van der Waals surface area contributed by atoms with Crippen molar-refractivity contribution in [1.82, 2.24) is 14.9 Å². The fourth-order valence-electron chi connectivity index (χ4n) is 2.15. The third-order valence-electron chi connectivity index (χ3n) is 3.36. The van der Waals surface area contributed by atoms with Crippen LogP contribution in [0.3, 0.4) is 0 Å². The molecule has 0 unspecified atom stereocenters. The zero-order valence-electron chi connectivity index (χ0n) is 11.8. The SMILES string of the molecule is CC(C)CCN1CCc2cnc(S(C)(=O)=O)nc2C1. The molecule has 0 fully saturated rings. The van der Waals surface area contributed by atoms with Crippen LogP contribution in [0.4, 0.5) is 0 Å². The average Bonchev–Trinajstić information content (AvgIpc) is 2.34. The molecular formula is C13H21N3O2S. The molecule has 0 N–H and O–H groups in total. The maximum Gasteiger partial charge on any atom is 0.247 e. The molecule has 19 heavy (non-hydrogen) atoms. The first-order valence-electron chi connectivity index (χ1n) is 6.63. The number of nitrogens with zero attached hydrogens (tertiary/aromatic N) is 3. The summed E-state index contributed by atoms with van der Waals surface area (Å²) in [5, 5.41) is -0.0584. The molecular weight excluding hydrogens is 262 g/mol. The van der Waals surface area contributed by atoms with Crippen molar-refractivity contribution < 1.29 is 8.42 Å². The molecule has 1 aromatic rings. The van der Waals surface area contributed by atoms with Gasteiger partial charge in [-0.1, -0.05) is 13.8 Å². The highest BCUT2D eigenvalue weighted by molar-refractivity contribution is 7.90. The number of sulfone groups is 1. The normalized spacial score (nSPS) is 16.6. The average molecular weight is 283 g/mol. The zero-order valence-corrected chi connectivity index (χ0v) is 12.6. The highest BCUT2D eigenvalue weighted by Crippen LogP contribution is 2.18. The molecule has 0 amide bonds. The molecule has 0 atom stereocenters. The maximum atomic E-state index is 11.5. The Balaban J connectivity index is 2.14. The van der Waals surface area contributed by atoms with Crippen molar-refractivity contribution in [2.24, 2.45) is 5.92 Å². The van der Waals surface area contributed by atoms with E-state index in [-0.39, 0.29) is 5.16 Å². The van der Waals surface area contributed by atoms with Crippen molar-refractivity contribution in [3.63, 3.8) is 0 Å². The Morgan fingerprint density at radius 2 is 2.16 bits per heavy atom. The Morgan fingerprint density at radius 1 is 1.42 bits per heavy atom. The highest BCUT2D eigenvalue weighted by atomic mass is 32.2. The lowest BCUT2D eigenvalue weighted by Gasteiger charge is -2.28. The van der Waals surface area contributed by atoms with Gasteiger partial charge in [0.2, 0.25) is 15.0 Å². The van der Waals surface area contributed by atoms with Gasteiger partial charge in [0.25, 0.3) is 0 Å². The topological polar surface area (TPSA) is 63.2 Å². The molecule has 1 aliphatic heterocycles. The first kappa shape index (κ1) is 14.4. The van der Waals surface area contributed by atoms with Crippen LogP contribution in [0.5, 0.6) is 0 Å². The van der Waals surface area contributed by atoms with Gasteiger partial charge >= 0.3 is 0 Å². The summed E-state index contributed by atoms with van der Waals surface area (Å²) in [6, 6.07) is 0. The van der Waals surface area contributed by atoms with E-state index >= 15 is 0 Å². The zero-order chi connectivity index (χ0) is 14.0. The summed E-state index contributed by atoms with van der Waals surface area (Å²) >= 11 is 0. The number of fused-ring (bicyclic) bond motifs is 1. The van der Waals surface area contributed by atoms with Crippen LogP contribution in [0.1, 0.15) is 31.5 Å². The van der Waals surface area contributed by atoms with E-state index in [0.717, 1.165) is 50.0 Å². The van der Waals surface area contributed by atoms with Gasteiger partial charge in [-0.25, -0.2) is 18.4 Å². The van der Waals surface area contributed by atoms with Crippen molar-refractivity contribution in [2.45, 2.75) is 38.4 Å². The van der Waals surface area contributed by atoms with Crippen LogP contribution in [-0.2, 0) is 22.8 Å². The molecule has 1 aliphatic rings. The number of hydrogen-bond acceptors (Lipinski definition) is 5. The quantitative estimate of drug-likeness (QED) is 0.779. The third kappa shape index (κ3) is 3.73. The Hall–Kier alpha value is -1.01. The lowest BCUT2D eigenvalue weighted by molar-refractivity contribution is 0.234. The summed E-state index contributed by atoms with van der Waals surface area (Å²) in [5.41, 5.74) is 1.94. The van der Waals surface area contributed by atoms with Gasteiger partial charge in [-0.2, -0.15) is 0 Å². The molecule has 0 saturated carbocycles. The standard InChI is InChI=1S/C13H21N3O2S/c1-10(2)4-6-16-7-5-11-8-14-13(19(3,17)18)15-12(11)9-16/h8,10H,4-7,9H2,1-3H3. The molecule has 0 spiro atoms. The van der Waals surface area contributed by atoms with Gasteiger partial charge < -0.3 is 0 Å². The van der Waals surface area contributed by atoms with Crippen molar-refractivity contribution in [1.29, 1.82) is 0 Å². The minimum Gasteiger partial charge on any atom is -0.297 e. The fourth-order valence-corrected chi connectivity index (χ4v) is 2.67. The van der Waals surface area contributed by atoms with Crippen molar-refractivity contribution in [3.05, 3.63) is 17.5 Å². The van der Waals surface area contributed by atoms with E-state index in [2.05, 4.69) is 28.7 Å². The molecule has 2 heterocycles. The van der Waals surface area contributed by atoms with E-state index in [9.17, 15) is 8.42 Å². The summed E-state index contributed by atoms with van der Waals surface area (Å²) < 4.78 is 23.0. The van der Waals surface area contributed by atoms with Crippen molar-refractivity contribution >= 4 is 9.84 Å². The smallest absolute Gasteiger partial charge is 0.247 e. The van der Waals surface area contributed by atoms with E-state index in [1.165, 1.54) is 0 Å². The lowest BCUT2D eigenvalue weighted by atomic mass is 10.1. The predicted octanol–water partition coefficient (Wildman–Crippen LogP) is 1.28. The second kappa shape index (κ2) is 5.54. The second-order valence-corrected chi connectivity index (χ2v) is 7.51. The van der Waals surface area contributed by atoms with Gasteiger partial charge in [0, 0.05) is 25.5 Å². The van der Waals surface area contributed by atoms with Crippen LogP contribution in [0.2, 0.25) is 0 Å². The van der Waals surface area contributed by atoms with E-state index in [0.29, 0.717) is 5.92 Å². The summed E-state index contributed by atoms with van der Waals surface area (Å²) in [6.07, 6.45) is 4.86. The molecule has 0 saturated heterocycles. The molecule has 1 aromatic heterocycles. The first-order valence-corrected chi connectivity index (χ1v) is 8.52. The van der Waals surface area contributed by atoms with Gasteiger partial charge in [-0.3, -0.25) is 4.90 Å². The molecule has 6 heteroatoms. The van der Waals surface area contributed by atoms with Crippen molar-refractivity contribution in [3.8, 4) is 0 Å². The maximum absolute atomic E-state index is 11.5. The van der Waals surface area contributed by atoms with Gasteiger partial charge in [0.05, 0.1) is 5.69 Å². The van der Waals surface area contributed by atoms with Crippen LogP contribution >= 0.6 is 0 Å². The molecule has 0 aromatic carbocycles. The number of hydrogen-bond donors (Lipinski definition) is 0. The van der Waals surface area contributed by atoms with E-state index < -0.39 is 9.84 Å². The Kier molecular flexibility index (Phi) is 4.20. The summed E-state index contributed by atoms with van der Waals surface area (Å²) in [4.78, 5) is 10.5. The largest absolute Gasteiger partial charge is 0.297 e. The van der Waals surface area contributed by atoms with E-state index in [1.807, 2.05) is 0 Å². The minimum atomic E-state index is -3.32. The molecule has 0 radical (unpaired) electrons. The van der Waals surface area contributed by atoms with Crippen LogP contribution < -0.4 is 0 Å². The van der Waals surface area contributed by atoms with E-state index in [1.54, 1.807) is 6.20 Å². The van der Waals surface area contributed by atoms with Gasteiger partial charge in [-0.15, -0.1) is 0 Å². The third-order valence-corrected chi connectivity index (χ3v) is 4.22. The summed E-state index contributed by atoms with van der Waals surface area (Å²) in [7, 11) is -3.32. The summed E-state index contributed by atoms with van der Waals surface area (Å²) in [5.74, 6) is 0.679. The van der Waals surface area contributed by atoms with Crippen LogP contribution in [0, 0.1) is 5.92 Å². The molecule has 106 valence electrons. The number of rotatable bonds is 4. The Labute approximate surface area is 115 Å². The van der Waals surface area contributed by atoms with Gasteiger partial charge in [-0.05, 0) is 30.9 Å². The highest BCUT2D eigenvalue weighted by Gasteiger charge is 2.20. The lowest BCUT2D eigenvalue weighted by Crippen LogP contribution is -2.33. The van der Waals surface area contributed by atoms with Gasteiger partial charge in [0.15, 0.2) is 0 Å². The van der Waals surface area contributed by atoms with Gasteiger partial charge in [0.1, 0.15) is 0 Å². The molecule has 2 rings (SSSR count). The fraction of sp³-hybridized carbons (Fsp3) is 0.692.